The van der Waals surface area contributed by atoms with Gasteiger partial charge in [-0.1, -0.05) is 19.9 Å². The summed E-state index contributed by atoms with van der Waals surface area (Å²) in [5.74, 6) is 0.348. The van der Waals surface area contributed by atoms with Crippen molar-refractivity contribution in [3.8, 4) is 5.75 Å². The van der Waals surface area contributed by atoms with Crippen LogP contribution in [0.5, 0.6) is 5.75 Å². The number of ether oxygens (including phenoxy) is 1. The molecule has 100 valence electrons. The fourth-order valence-corrected chi connectivity index (χ4v) is 1.56. The summed E-state index contributed by atoms with van der Waals surface area (Å²) < 4.78 is 5.37. The summed E-state index contributed by atoms with van der Waals surface area (Å²) in [5, 5.41) is 14.2. The molecule has 0 saturated carbocycles. The van der Waals surface area contributed by atoms with Gasteiger partial charge in [-0.25, -0.2) is 0 Å². The van der Waals surface area contributed by atoms with E-state index in [0.29, 0.717) is 18.9 Å². The highest BCUT2D eigenvalue weighted by Gasteiger charge is 2.15. The standard InChI is InChI=1S/C13H20N2O3/c1-3-7-14-10-11-5-6-13(18-8-4-2)12(9-11)15(16)17/h5-6,9,14H,3-4,7-8,10H2,1-2H3. The maximum Gasteiger partial charge on any atom is 0.311 e. The molecule has 5 heteroatoms. The minimum absolute atomic E-state index is 0.0410. The molecule has 0 atom stereocenters. The number of hydrogen-bond acceptors (Lipinski definition) is 4. The molecule has 18 heavy (non-hydrogen) atoms. The van der Waals surface area contributed by atoms with Gasteiger partial charge in [0.15, 0.2) is 5.75 Å². The van der Waals surface area contributed by atoms with Crippen LogP contribution in [0.4, 0.5) is 5.69 Å². The van der Waals surface area contributed by atoms with Gasteiger partial charge in [-0.15, -0.1) is 0 Å². The third-order valence-corrected chi connectivity index (χ3v) is 2.44. The molecule has 0 bridgehead atoms. The molecule has 0 aliphatic rings. The second-order valence-electron chi connectivity index (χ2n) is 4.08. The van der Waals surface area contributed by atoms with Gasteiger partial charge in [0.1, 0.15) is 0 Å². The van der Waals surface area contributed by atoms with Crippen molar-refractivity contribution in [2.45, 2.75) is 33.2 Å². The zero-order valence-electron chi connectivity index (χ0n) is 10.9. The van der Waals surface area contributed by atoms with E-state index in [0.717, 1.165) is 24.9 Å². The number of nitro groups is 1. The van der Waals surface area contributed by atoms with Gasteiger partial charge in [0.05, 0.1) is 11.5 Å². The van der Waals surface area contributed by atoms with E-state index in [1.54, 1.807) is 12.1 Å². The van der Waals surface area contributed by atoms with Gasteiger partial charge in [0.2, 0.25) is 0 Å². The lowest BCUT2D eigenvalue weighted by Gasteiger charge is -2.08. The van der Waals surface area contributed by atoms with Crippen LogP contribution in [0.25, 0.3) is 0 Å². The minimum atomic E-state index is -0.395. The second-order valence-corrected chi connectivity index (χ2v) is 4.08. The van der Waals surface area contributed by atoms with Gasteiger partial charge in [0.25, 0.3) is 0 Å². The fourth-order valence-electron chi connectivity index (χ4n) is 1.56. The molecule has 0 aromatic heterocycles. The first-order valence-electron chi connectivity index (χ1n) is 6.29. The summed E-state index contributed by atoms with van der Waals surface area (Å²) in [4.78, 5) is 10.6. The molecule has 0 amide bonds. The average molecular weight is 252 g/mol. The van der Waals surface area contributed by atoms with Crippen LogP contribution in [0.3, 0.4) is 0 Å². The predicted molar refractivity (Wildman–Crippen MR) is 70.9 cm³/mol. The number of nitrogens with one attached hydrogen (secondary N) is 1. The SMILES string of the molecule is CCCNCc1ccc(OCCC)c([N+](=O)[O-])c1. The van der Waals surface area contributed by atoms with Crippen molar-refractivity contribution in [3.05, 3.63) is 33.9 Å². The van der Waals surface area contributed by atoms with Crippen molar-refractivity contribution in [2.75, 3.05) is 13.2 Å². The maximum atomic E-state index is 11.0. The van der Waals surface area contributed by atoms with E-state index in [1.807, 2.05) is 13.0 Å². The molecule has 1 aromatic rings. The summed E-state index contributed by atoms with van der Waals surface area (Å²) >= 11 is 0. The van der Waals surface area contributed by atoms with Gasteiger partial charge < -0.3 is 10.1 Å². The van der Waals surface area contributed by atoms with E-state index in [4.69, 9.17) is 4.74 Å². The molecule has 0 spiro atoms. The first-order valence-corrected chi connectivity index (χ1v) is 6.29. The van der Waals surface area contributed by atoms with Crippen LogP contribution in [0.1, 0.15) is 32.3 Å². The summed E-state index contributed by atoms with van der Waals surface area (Å²) in [6.07, 6.45) is 1.87. The first kappa shape index (κ1) is 14.4. The van der Waals surface area contributed by atoms with Crippen LogP contribution in [0.2, 0.25) is 0 Å². The average Bonchev–Trinajstić information content (AvgIpc) is 2.37. The van der Waals surface area contributed by atoms with Crippen LogP contribution >= 0.6 is 0 Å². The monoisotopic (exact) mass is 252 g/mol. The van der Waals surface area contributed by atoms with Crippen LogP contribution in [0.15, 0.2) is 18.2 Å². The van der Waals surface area contributed by atoms with Crippen LogP contribution < -0.4 is 10.1 Å². The molecule has 0 aliphatic carbocycles. The van der Waals surface area contributed by atoms with Crippen molar-refractivity contribution in [2.24, 2.45) is 0 Å². The van der Waals surface area contributed by atoms with Gasteiger partial charge in [-0.2, -0.15) is 0 Å². The summed E-state index contributed by atoms with van der Waals surface area (Å²) in [5.41, 5.74) is 0.943. The molecule has 0 fully saturated rings. The van der Waals surface area contributed by atoms with E-state index < -0.39 is 4.92 Å². The normalized spacial score (nSPS) is 10.3. The minimum Gasteiger partial charge on any atom is -0.487 e. The molecule has 5 nitrogen and oxygen atoms in total. The van der Waals surface area contributed by atoms with Gasteiger partial charge in [0, 0.05) is 12.6 Å². The van der Waals surface area contributed by atoms with E-state index >= 15 is 0 Å². The maximum absolute atomic E-state index is 11.0. The molecular weight excluding hydrogens is 232 g/mol. The number of nitro benzene ring substituents is 1. The predicted octanol–water partition coefficient (Wildman–Crippen LogP) is 2.88. The van der Waals surface area contributed by atoms with E-state index in [1.165, 1.54) is 0 Å². The van der Waals surface area contributed by atoms with E-state index in [9.17, 15) is 10.1 Å². The quantitative estimate of drug-likeness (QED) is 0.439. The van der Waals surface area contributed by atoms with Crippen LogP contribution in [0, 0.1) is 10.1 Å². The largest absolute Gasteiger partial charge is 0.487 e. The molecule has 1 aromatic carbocycles. The molecule has 0 aliphatic heterocycles. The van der Waals surface area contributed by atoms with Gasteiger partial charge in [-0.3, -0.25) is 10.1 Å². The van der Waals surface area contributed by atoms with Gasteiger partial charge >= 0.3 is 5.69 Å². The van der Waals surface area contributed by atoms with Crippen molar-refractivity contribution in [1.82, 2.24) is 5.32 Å². The lowest BCUT2D eigenvalue weighted by molar-refractivity contribution is -0.385. The Balaban J connectivity index is 2.78. The van der Waals surface area contributed by atoms with E-state index in [2.05, 4.69) is 12.2 Å². The lowest BCUT2D eigenvalue weighted by atomic mass is 10.2. The highest BCUT2D eigenvalue weighted by molar-refractivity contribution is 5.48. The number of nitrogens with zero attached hydrogens (tertiary/aromatic N) is 1. The Kier molecular flexibility index (Phi) is 6.14. The fraction of sp³-hybridized carbons (Fsp3) is 0.538. The molecule has 1 rings (SSSR count). The smallest absolute Gasteiger partial charge is 0.311 e. The zero-order valence-corrected chi connectivity index (χ0v) is 10.9. The van der Waals surface area contributed by atoms with Crippen molar-refractivity contribution in [1.29, 1.82) is 0 Å². The molecule has 0 saturated heterocycles. The zero-order chi connectivity index (χ0) is 13.4. The van der Waals surface area contributed by atoms with Crippen molar-refractivity contribution in [3.63, 3.8) is 0 Å². The van der Waals surface area contributed by atoms with Crippen molar-refractivity contribution >= 4 is 5.69 Å². The Labute approximate surface area is 107 Å². The second kappa shape index (κ2) is 7.66. The lowest BCUT2D eigenvalue weighted by Crippen LogP contribution is -2.14. The van der Waals surface area contributed by atoms with Crippen LogP contribution in [-0.4, -0.2) is 18.1 Å². The summed E-state index contributed by atoms with van der Waals surface area (Å²) in [6.45, 7) is 6.09. The molecule has 0 radical (unpaired) electrons. The molecule has 1 N–H and O–H groups in total. The molecule has 0 heterocycles. The number of benzene rings is 1. The Morgan fingerprint density at radius 2 is 2.11 bits per heavy atom. The molecule has 0 unspecified atom stereocenters. The van der Waals surface area contributed by atoms with Crippen molar-refractivity contribution < 1.29 is 9.66 Å². The highest BCUT2D eigenvalue weighted by Crippen LogP contribution is 2.28. The van der Waals surface area contributed by atoms with Gasteiger partial charge in [-0.05, 0) is 31.0 Å². The third-order valence-electron chi connectivity index (χ3n) is 2.44. The summed E-state index contributed by atoms with van der Waals surface area (Å²) in [6, 6.07) is 5.12. The Morgan fingerprint density at radius 1 is 1.33 bits per heavy atom. The Morgan fingerprint density at radius 3 is 2.72 bits per heavy atom. The highest BCUT2D eigenvalue weighted by atomic mass is 16.6. The molecular formula is C13H20N2O3. The van der Waals surface area contributed by atoms with E-state index in [-0.39, 0.29) is 5.69 Å². The Bertz CT molecular complexity index is 394. The Hall–Kier alpha value is -1.62. The first-order chi connectivity index (χ1) is 8.69. The van der Waals surface area contributed by atoms with Crippen LogP contribution in [-0.2, 0) is 6.54 Å². The third kappa shape index (κ3) is 4.33. The topological polar surface area (TPSA) is 64.4 Å². The number of hydrogen-bond donors (Lipinski definition) is 1. The summed E-state index contributed by atoms with van der Waals surface area (Å²) in [7, 11) is 0. The number of rotatable bonds is 8.